The van der Waals surface area contributed by atoms with Crippen molar-refractivity contribution >= 4 is 5.97 Å². The molecule has 0 fully saturated rings. The molecule has 1 aromatic heterocycles. The average molecular weight is 210 g/mol. The van der Waals surface area contributed by atoms with Crippen molar-refractivity contribution in [1.29, 1.82) is 0 Å². The summed E-state index contributed by atoms with van der Waals surface area (Å²) in [4.78, 5) is 11.0. The average Bonchev–Trinajstić information content (AvgIpc) is 2.64. The number of esters is 1. The number of hydrogen-bond acceptors (Lipinski definition) is 5. The molecule has 0 bridgehead atoms. The van der Waals surface area contributed by atoms with Crippen molar-refractivity contribution in [3.8, 4) is 0 Å². The number of tetrazole rings is 1. The van der Waals surface area contributed by atoms with Gasteiger partial charge in [-0.1, -0.05) is 13.0 Å². The number of aryl methyl sites for hydroxylation is 1. The minimum absolute atomic E-state index is 0.107. The van der Waals surface area contributed by atoms with Crippen LogP contribution in [0.25, 0.3) is 0 Å². The van der Waals surface area contributed by atoms with Crippen LogP contribution in [0.2, 0.25) is 0 Å². The number of allylic oxidation sites excluding steroid dienone is 1. The smallest absolute Gasteiger partial charge is 0.330 e. The number of nitrogens with zero attached hydrogens (tertiary/aromatic N) is 4. The van der Waals surface area contributed by atoms with Crippen LogP contribution >= 0.6 is 0 Å². The molecule has 1 rings (SSSR count). The topological polar surface area (TPSA) is 69.9 Å². The summed E-state index contributed by atoms with van der Waals surface area (Å²) in [7, 11) is 0. The van der Waals surface area contributed by atoms with E-state index in [-0.39, 0.29) is 12.6 Å². The van der Waals surface area contributed by atoms with E-state index in [2.05, 4.69) is 15.5 Å². The molecule has 0 aromatic carbocycles. The molecular formula is C9H14N4O2. The largest absolute Gasteiger partial charge is 0.454 e. The number of aromatic nitrogens is 4. The van der Waals surface area contributed by atoms with Gasteiger partial charge in [0.15, 0.2) is 12.4 Å². The van der Waals surface area contributed by atoms with E-state index in [0.717, 1.165) is 13.0 Å². The lowest BCUT2D eigenvalue weighted by atomic mass is 10.5. The molecule has 0 aliphatic heterocycles. The van der Waals surface area contributed by atoms with E-state index < -0.39 is 0 Å². The maximum absolute atomic E-state index is 11.0. The minimum atomic E-state index is -0.386. The van der Waals surface area contributed by atoms with Gasteiger partial charge in [0.2, 0.25) is 0 Å². The molecule has 0 radical (unpaired) electrons. The highest BCUT2D eigenvalue weighted by Crippen LogP contribution is 1.97. The van der Waals surface area contributed by atoms with Gasteiger partial charge < -0.3 is 4.74 Å². The predicted molar refractivity (Wildman–Crippen MR) is 52.7 cm³/mol. The lowest BCUT2D eigenvalue weighted by molar-refractivity contribution is -0.139. The normalized spacial score (nSPS) is 10.8. The van der Waals surface area contributed by atoms with Crippen molar-refractivity contribution in [1.82, 2.24) is 20.2 Å². The van der Waals surface area contributed by atoms with Gasteiger partial charge in [0.1, 0.15) is 0 Å². The Bertz CT molecular complexity index is 346. The first kappa shape index (κ1) is 11.4. The molecule has 0 aliphatic rings. The maximum Gasteiger partial charge on any atom is 0.330 e. The van der Waals surface area contributed by atoms with Crippen LogP contribution < -0.4 is 0 Å². The summed E-state index contributed by atoms with van der Waals surface area (Å²) in [6.45, 7) is 4.61. The fourth-order valence-electron chi connectivity index (χ4n) is 1.03. The van der Waals surface area contributed by atoms with Crippen LogP contribution in [0.15, 0.2) is 12.2 Å². The van der Waals surface area contributed by atoms with Crippen molar-refractivity contribution in [3.63, 3.8) is 0 Å². The summed E-state index contributed by atoms with van der Waals surface area (Å²) >= 11 is 0. The molecule has 0 amide bonds. The second kappa shape index (κ2) is 5.90. The predicted octanol–water partition coefficient (Wildman–Crippen LogP) is 0.702. The monoisotopic (exact) mass is 210 g/mol. The Kier molecular flexibility index (Phi) is 4.46. The number of ether oxygens (including phenoxy) is 1. The molecule has 6 nitrogen and oxygen atoms in total. The third-order valence-corrected chi connectivity index (χ3v) is 1.69. The summed E-state index contributed by atoms with van der Waals surface area (Å²) in [5.41, 5.74) is 0. The third kappa shape index (κ3) is 3.49. The fraction of sp³-hybridized carbons (Fsp3) is 0.556. The summed E-state index contributed by atoms with van der Waals surface area (Å²) in [6.07, 6.45) is 3.91. The molecular weight excluding hydrogens is 196 g/mol. The highest BCUT2D eigenvalue weighted by molar-refractivity contribution is 5.81. The van der Waals surface area contributed by atoms with Crippen LogP contribution in [0.1, 0.15) is 26.1 Å². The van der Waals surface area contributed by atoms with E-state index in [0.29, 0.717) is 5.82 Å². The zero-order chi connectivity index (χ0) is 11.1. The Morgan fingerprint density at radius 3 is 3.07 bits per heavy atom. The van der Waals surface area contributed by atoms with Gasteiger partial charge in [-0.3, -0.25) is 0 Å². The Morgan fingerprint density at radius 1 is 1.60 bits per heavy atom. The zero-order valence-electron chi connectivity index (χ0n) is 8.88. The number of hydrogen-bond donors (Lipinski definition) is 0. The van der Waals surface area contributed by atoms with Crippen molar-refractivity contribution in [3.05, 3.63) is 18.0 Å². The van der Waals surface area contributed by atoms with Crippen LogP contribution in [0.5, 0.6) is 0 Å². The molecule has 0 aliphatic carbocycles. The SMILES string of the molecule is C/C=C/C(=O)OCc1nnnn1CCC. The Labute approximate surface area is 87.9 Å². The number of carbonyl (C=O) groups is 1. The van der Waals surface area contributed by atoms with Gasteiger partial charge in [0.05, 0.1) is 0 Å². The third-order valence-electron chi connectivity index (χ3n) is 1.69. The maximum atomic E-state index is 11.0. The van der Waals surface area contributed by atoms with E-state index in [9.17, 15) is 4.79 Å². The van der Waals surface area contributed by atoms with Crippen molar-refractivity contribution in [2.45, 2.75) is 33.4 Å². The standard InChI is InChI=1S/C9H14N4O2/c1-3-5-9(14)15-7-8-10-11-12-13(8)6-4-2/h3,5H,4,6-7H2,1-2H3/b5-3+. The zero-order valence-corrected chi connectivity index (χ0v) is 8.88. The van der Waals surface area contributed by atoms with E-state index in [4.69, 9.17) is 4.74 Å². The quantitative estimate of drug-likeness (QED) is 0.528. The highest BCUT2D eigenvalue weighted by Gasteiger charge is 2.06. The highest BCUT2D eigenvalue weighted by atomic mass is 16.5. The second-order valence-electron chi connectivity index (χ2n) is 2.93. The molecule has 15 heavy (non-hydrogen) atoms. The van der Waals surface area contributed by atoms with Crippen LogP contribution in [0.4, 0.5) is 0 Å². The van der Waals surface area contributed by atoms with Crippen LogP contribution in [0, 0.1) is 0 Å². The first-order chi connectivity index (χ1) is 7.27. The molecule has 0 atom stereocenters. The van der Waals surface area contributed by atoms with Crippen molar-refractivity contribution in [2.24, 2.45) is 0 Å². The van der Waals surface area contributed by atoms with Gasteiger partial charge >= 0.3 is 5.97 Å². The van der Waals surface area contributed by atoms with E-state index in [1.807, 2.05) is 6.92 Å². The van der Waals surface area contributed by atoms with Gasteiger partial charge in [-0.15, -0.1) is 5.10 Å². The molecule has 1 aromatic rings. The minimum Gasteiger partial charge on any atom is -0.454 e. The Balaban J connectivity index is 2.49. The molecule has 0 saturated heterocycles. The lowest BCUT2D eigenvalue weighted by Crippen LogP contribution is -2.09. The summed E-state index contributed by atoms with van der Waals surface area (Å²) < 4.78 is 6.55. The Hall–Kier alpha value is -1.72. The molecule has 0 unspecified atom stereocenters. The second-order valence-corrected chi connectivity index (χ2v) is 2.93. The molecule has 0 N–H and O–H groups in total. The van der Waals surface area contributed by atoms with E-state index >= 15 is 0 Å². The Morgan fingerprint density at radius 2 is 2.40 bits per heavy atom. The molecule has 6 heteroatoms. The van der Waals surface area contributed by atoms with E-state index in [1.165, 1.54) is 6.08 Å². The van der Waals surface area contributed by atoms with Gasteiger partial charge in [-0.05, 0) is 23.8 Å². The van der Waals surface area contributed by atoms with Crippen LogP contribution in [-0.2, 0) is 22.7 Å². The summed E-state index contributed by atoms with van der Waals surface area (Å²) in [5.74, 6) is 0.179. The van der Waals surface area contributed by atoms with Gasteiger partial charge in [0.25, 0.3) is 0 Å². The van der Waals surface area contributed by atoms with Crippen LogP contribution in [-0.4, -0.2) is 26.2 Å². The van der Waals surface area contributed by atoms with E-state index in [1.54, 1.807) is 17.7 Å². The molecule has 0 spiro atoms. The molecule has 1 heterocycles. The number of rotatable bonds is 5. The van der Waals surface area contributed by atoms with Gasteiger partial charge in [-0.2, -0.15) is 0 Å². The molecule has 82 valence electrons. The van der Waals surface area contributed by atoms with Gasteiger partial charge in [-0.25, -0.2) is 9.48 Å². The van der Waals surface area contributed by atoms with Crippen molar-refractivity contribution < 1.29 is 9.53 Å². The lowest BCUT2D eigenvalue weighted by Gasteiger charge is -2.02. The van der Waals surface area contributed by atoms with Gasteiger partial charge in [0, 0.05) is 12.6 Å². The molecule has 0 saturated carbocycles. The first-order valence-corrected chi connectivity index (χ1v) is 4.82. The fourth-order valence-corrected chi connectivity index (χ4v) is 1.03. The summed E-state index contributed by atoms with van der Waals surface area (Å²) in [5, 5.41) is 11.1. The first-order valence-electron chi connectivity index (χ1n) is 4.82. The van der Waals surface area contributed by atoms with Crippen LogP contribution in [0.3, 0.4) is 0 Å². The summed E-state index contributed by atoms with van der Waals surface area (Å²) in [6, 6.07) is 0. The number of carbonyl (C=O) groups excluding carboxylic acids is 1. The van der Waals surface area contributed by atoms with Crippen molar-refractivity contribution in [2.75, 3.05) is 0 Å².